The lowest BCUT2D eigenvalue weighted by Crippen LogP contribution is -2.39. The molecule has 0 saturated carbocycles. The van der Waals surface area contributed by atoms with Crippen LogP contribution in [0.25, 0.3) is 0 Å². The molecular weight excluding hydrogens is 226 g/mol. The first-order valence-corrected chi connectivity index (χ1v) is 6.63. The summed E-state index contributed by atoms with van der Waals surface area (Å²) in [6, 6.07) is 8.17. The molecule has 1 aromatic rings. The molecule has 0 bridgehead atoms. The minimum absolute atomic E-state index is 0.271. The number of hydrogen-bond donors (Lipinski definition) is 1. The maximum atomic E-state index is 11.2. The van der Waals surface area contributed by atoms with Crippen molar-refractivity contribution < 1.29 is 9.90 Å². The maximum Gasteiger partial charge on any atom is 0.308 e. The third-order valence-corrected chi connectivity index (χ3v) is 3.56. The highest BCUT2D eigenvalue weighted by molar-refractivity contribution is 5.73. The van der Waals surface area contributed by atoms with Gasteiger partial charge in [-0.2, -0.15) is 0 Å². The van der Waals surface area contributed by atoms with Gasteiger partial charge in [-0.3, -0.25) is 4.79 Å². The number of para-hydroxylation sites is 1. The molecule has 1 aliphatic rings. The largest absolute Gasteiger partial charge is 0.481 e. The highest BCUT2D eigenvalue weighted by Crippen LogP contribution is 2.30. The molecule has 1 heterocycles. The molecule has 1 atom stereocenters. The van der Waals surface area contributed by atoms with E-state index in [0.29, 0.717) is 18.9 Å². The number of nitrogens with zero attached hydrogens (tertiary/aromatic N) is 1. The topological polar surface area (TPSA) is 40.5 Å². The van der Waals surface area contributed by atoms with E-state index in [-0.39, 0.29) is 5.92 Å². The van der Waals surface area contributed by atoms with Gasteiger partial charge in [-0.25, -0.2) is 0 Å². The van der Waals surface area contributed by atoms with E-state index < -0.39 is 5.97 Å². The fourth-order valence-electron chi connectivity index (χ4n) is 2.48. The minimum Gasteiger partial charge on any atom is -0.481 e. The standard InChI is InChI=1S/C15H21NO2/c1-11(2)7-8-16-10-13(15(17)18)9-12-5-3-4-6-14(12)16/h3-6,11,13H,7-10H2,1-2H3,(H,17,18). The minimum atomic E-state index is -0.681. The molecule has 1 N–H and O–H groups in total. The highest BCUT2D eigenvalue weighted by Gasteiger charge is 2.28. The molecular formula is C15H21NO2. The van der Waals surface area contributed by atoms with Crippen molar-refractivity contribution in [3.63, 3.8) is 0 Å². The SMILES string of the molecule is CC(C)CCN1CC(C(=O)O)Cc2ccccc21. The average Bonchev–Trinajstić information content (AvgIpc) is 2.35. The molecule has 1 unspecified atom stereocenters. The number of rotatable bonds is 4. The molecule has 0 spiro atoms. The summed E-state index contributed by atoms with van der Waals surface area (Å²) in [6.45, 7) is 5.98. The van der Waals surface area contributed by atoms with E-state index in [4.69, 9.17) is 0 Å². The van der Waals surface area contributed by atoms with Gasteiger partial charge in [0.1, 0.15) is 0 Å². The van der Waals surface area contributed by atoms with Crippen LogP contribution in [0.3, 0.4) is 0 Å². The van der Waals surface area contributed by atoms with E-state index in [9.17, 15) is 9.90 Å². The summed E-state index contributed by atoms with van der Waals surface area (Å²) >= 11 is 0. The summed E-state index contributed by atoms with van der Waals surface area (Å²) in [7, 11) is 0. The Labute approximate surface area is 108 Å². The van der Waals surface area contributed by atoms with E-state index in [1.165, 1.54) is 11.3 Å². The van der Waals surface area contributed by atoms with Crippen molar-refractivity contribution in [2.45, 2.75) is 26.7 Å². The van der Waals surface area contributed by atoms with Gasteiger partial charge in [-0.1, -0.05) is 32.0 Å². The first-order valence-electron chi connectivity index (χ1n) is 6.63. The van der Waals surface area contributed by atoms with Gasteiger partial charge in [0.25, 0.3) is 0 Å². The molecule has 0 saturated heterocycles. The molecule has 0 amide bonds. The number of benzene rings is 1. The van der Waals surface area contributed by atoms with Gasteiger partial charge in [-0.05, 0) is 30.4 Å². The molecule has 3 nitrogen and oxygen atoms in total. The number of carbonyl (C=O) groups is 1. The van der Waals surface area contributed by atoms with Crippen molar-refractivity contribution in [2.75, 3.05) is 18.0 Å². The van der Waals surface area contributed by atoms with Crippen molar-refractivity contribution in [1.82, 2.24) is 0 Å². The summed E-state index contributed by atoms with van der Waals surface area (Å²) in [5, 5.41) is 9.23. The molecule has 3 heteroatoms. The number of anilines is 1. The van der Waals surface area contributed by atoms with Gasteiger partial charge in [-0.15, -0.1) is 0 Å². The zero-order chi connectivity index (χ0) is 13.1. The van der Waals surface area contributed by atoms with E-state index in [2.05, 4.69) is 24.8 Å². The molecule has 1 aliphatic heterocycles. The maximum absolute atomic E-state index is 11.2. The second-order valence-electron chi connectivity index (χ2n) is 5.50. The zero-order valence-electron chi connectivity index (χ0n) is 11.1. The normalized spacial score (nSPS) is 18.8. The fraction of sp³-hybridized carbons (Fsp3) is 0.533. The van der Waals surface area contributed by atoms with Crippen molar-refractivity contribution >= 4 is 11.7 Å². The average molecular weight is 247 g/mol. The second-order valence-corrected chi connectivity index (χ2v) is 5.50. The van der Waals surface area contributed by atoms with Crippen molar-refractivity contribution in [2.24, 2.45) is 11.8 Å². The quantitative estimate of drug-likeness (QED) is 0.889. The number of hydrogen-bond acceptors (Lipinski definition) is 2. The van der Waals surface area contributed by atoms with Crippen LogP contribution in [0.15, 0.2) is 24.3 Å². The van der Waals surface area contributed by atoms with Crippen LogP contribution in [0, 0.1) is 11.8 Å². The monoisotopic (exact) mass is 247 g/mol. The van der Waals surface area contributed by atoms with E-state index in [1.54, 1.807) is 0 Å². The zero-order valence-corrected chi connectivity index (χ0v) is 11.1. The van der Waals surface area contributed by atoms with Gasteiger partial charge < -0.3 is 10.0 Å². The second kappa shape index (κ2) is 5.42. The molecule has 0 aliphatic carbocycles. The number of carboxylic acid groups (broad SMARTS) is 1. The van der Waals surface area contributed by atoms with Gasteiger partial charge in [0, 0.05) is 18.8 Å². The Morgan fingerprint density at radius 2 is 2.17 bits per heavy atom. The van der Waals surface area contributed by atoms with Crippen molar-refractivity contribution in [3.05, 3.63) is 29.8 Å². The Kier molecular flexibility index (Phi) is 3.90. The molecule has 18 heavy (non-hydrogen) atoms. The van der Waals surface area contributed by atoms with Crippen LogP contribution in [-0.4, -0.2) is 24.2 Å². The van der Waals surface area contributed by atoms with Crippen LogP contribution in [0.2, 0.25) is 0 Å². The number of fused-ring (bicyclic) bond motifs is 1. The smallest absolute Gasteiger partial charge is 0.308 e. The number of carboxylic acids is 1. The lowest BCUT2D eigenvalue weighted by atomic mass is 9.92. The van der Waals surface area contributed by atoms with Crippen LogP contribution in [0.5, 0.6) is 0 Å². The molecule has 98 valence electrons. The number of aliphatic carboxylic acids is 1. The van der Waals surface area contributed by atoms with Crippen LogP contribution in [0.1, 0.15) is 25.8 Å². The Balaban J connectivity index is 2.19. The molecule has 0 fully saturated rings. The summed E-state index contributed by atoms with van der Waals surface area (Å²) in [4.78, 5) is 13.5. The van der Waals surface area contributed by atoms with Crippen LogP contribution < -0.4 is 4.90 Å². The first kappa shape index (κ1) is 12.9. The van der Waals surface area contributed by atoms with Crippen molar-refractivity contribution in [3.8, 4) is 0 Å². The third kappa shape index (κ3) is 2.84. The Morgan fingerprint density at radius 1 is 1.44 bits per heavy atom. The summed E-state index contributed by atoms with van der Waals surface area (Å²) in [6.07, 6.45) is 1.75. The first-order chi connectivity index (χ1) is 8.58. The third-order valence-electron chi connectivity index (χ3n) is 3.56. The van der Waals surface area contributed by atoms with Crippen LogP contribution in [0.4, 0.5) is 5.69 Å². The van der Waals surface area contributed by atoms with E-state index >= 15 is 0 Å². The predicted octanol–water partition coefficient (Wildman–Crippen LogP) is 2.80. The van der Waals surface area contributed by atoms with Gasteiger partial charge in [0.05, 0.1) is 5.92 Å². The molecule has 2 rings (SSSR count). The predicted molar refractivity (Wildman–Crippen MR) is 72.9 cm³/mol. The Hall–Kier alpha value is -1.51. The Bertz CT molecular complexity index is 428. The van der Waals surface area contributed by atoms with Gasteiger partial charge in [0.15, 0.2) is 0 Å². The van der Waals surface area contributed by atoms with E-state index in [0.717, 1.165) is 13.0 Å². The molecule has 1 aromatic carbocycles. The van der Waals surface area contributed by atoms with Crippen LogP contribution >= 0.6 is 0 Å². The van der Waals surface area contributed by atoms with E-state index in [1.807, 2.05) is 18.2 Å². The van der Waals surface area contributed by atoms with Gasteiger partial charge >= 0.3 is 5.97 Å². The van der Waals surface area contributed by atoms with Crippen molar-refractivity contribution in [1.29, 1.82) is 0 Å². The lowest BCUT2D eigenvalue weighted by molar-refractivity contribution is -0.141. The summed E-state index contributed by atoms with van der Waals surface area (Å²) in [5.74, 6) is -0.312. The fourth-order valence-corrected chi connectivity index (χ4v) is 2.48. The molecule has 0 radical (unpaired) electrons. The lowest BCUT2D eigenvalue weighted by Gasteiger charge is -2.35. The van der Waals surface area contributed by atoms with Gasteiger partial charge in [0.2, 0.25) is 0 Å². The Morgan fingerprint density at radius 3 is 2.83 bits per heavy atom. The summed E-state index contributed by atoms with van der Waals surface area (Å²) < 4.78 is 0. The van der Waals surface area contributed by atoms with Crippen LogP contribution in [-0.2, 0) is 11.2 Å². The summed E-state index contributed by atoms with van der Waals surface area (Å²) in [5.41, 5.74) is 2.38. The molecule has 0 aromatic heterocycles. The highest BCUT2D eigenvalue weighted by atomic mass is 16.4.